The van der Waals surface area contributed by atoms with Gasteiger partial charge in [-0.25, -0.2) is 0 Å². The number of thiophene rings is 1. The monoisotopic (exact) mass is 241 g/mol. The number of carbonyl (C=O) groups is 2. The minimum Gasteiger partial charge on any atom is -0.481 e. The Balaban J connectivity index is 2.38. The van der Waals surface area contributed by atoms with Gasteiger partial charge in [-0.15, -0.1) is 11.3 Å². The quantitative estimate of drug-likeness (QED) is 0.769. The summed E-state index contributed by atoms with van der Waals surface area (Å²) in [5.41, 5.74) is 0. The summed E-state index contributed by atoms with van der Waals surface area (Å²) in [5, 5.41) is 11.1. The van der Waals surface area contributed by atoms with Gasteiger partial charge >= 0.3 is 5.97 Å². The van der Waals surface area contributed by atoms with Gasteiger partial charge in [0, 0.05) is 22.2 Å². The molecule has 0 saturated heterocycles. The molecule has 1 aromatic heterocycles. The number of carbonyl (C=O) groups excluding carboxylic acids is 1. The normalized spacial score (nSPS) is 12.1. The van der Waals surface area contributed by atoms with Gasteiger partial charge in [0.05, 0.1) is 0 Å². The molecular weight excluding hydrogens is 226 g/mol. The molecule has 5 heteroatoms. The highest BCUT2D eigenvalue weighted by atomic mass is 32.1. The van der Waals surface area contributed by atoms with Gasteiger partial charge < -0.3 is 10.4 Å². The summed E-state index contributed by atoms with van der Waals surface area (Å²) in [7, 11) is 0. The van der Waals surface area contributed by atoms with Crippen molar-refractivity contribution in [2.45, 2.75) is 32.7 Å². The van der Waals surface area contributed by atoms with Crippen molar-refractivity contribution in [3.8, 4) is 0 Å². The molecule has 4 nitrogen and oxygen atoms in total. The van der Waals surface area contributed by atoms with E-state index in [0.717, 1.165) is 6.42 Å². The van der Waals surface area contributed by atoms with Gasteiger partial charge in [0.2, 0.25) is 5.91 Å². The molecule has 1 amide bonds. The molecule has 0 spiro atoms. The molecule has 0 saturated carbocycles. The van der Waals surface area contributed by atoms with Crippen LogP contribution < -0.4 is 5.32 Å². The third-order valence-corrected chi connectivity index (χ3v) is 3.05. The number of carboxylic acid groups (broad SMARTS) is 1. The average molecular weight is 241 g/mol. The summed E-state index contributed by atoms with van der Waals surface area (Å²) in [5.74, 6) is -1.54. The Bertz CT molecular complexity index is 386. The molecule has 0 radical (unpaired) electrons. The molecule has 1 rings (SSSR count). The zero-order valence-corrected chi connectivity index (χ0v) is 10.1. The fourth-order valence-electron chi connectivity index (χ4n) is 1.41. The molecule has 88 valence electrons. The molecule has 0 aliphatic heterocycles. The van der Waals surface area contributed by atoms with Crippen LogP contribution in [0, 0.1) is 6.92 Å². The maximum absolute atomic E-state index is 11.2. The van der Waals surface area contributed by atoms with E-state index in [1.54, 1.807) is 11.3 Å². The molecule has 16 heavy (non-hydrogen) atoms. The van der Waals surface area contributed by atoms with Gasteiger partial charge in [-0.05, 0) is 26.0 Å². The van der Waals surface area contributed by atoms with Crippen LogP contribution in [0.1, 0.15) is 23.1 Å². The molecule has 0 aliphatic rings. The minimum absolute atomic E-state index is 0.0371. The van der Waals surface area contributed by atoms with E-state index in [9.17, 15) is 9.59 Å². The summed E-state index contributed by atoms with van der Waals surface area (Å²) in [6.45, 7) is 3.90. The first-order chi connectivity index (χ1) is 7.47. The Morgan fingerprint density at radius 3 is 2.69 bits per heavy atom. The van der Waals surface area contributed by atoms with Gasteiger partial charge in [-0.1, -0.05) is 0 Å². The van der Waals surface area contributed by atoms with E-state index in [-0.39, 0.29) is 6.04 Å². The summed E-state index contributed by atoms with van der Waals surface area (Å²) in [4.78, 5) is 23.9. The number of aliphatic carboxylic acids is 1. The van der Waals surface area contributed by atoms with E-state index in [2.05, 4.69) is 5.32 Å². The van der Waals surface area contributed by atoms with Gasteiger partial charge in [-0.2, -0.15) is 0 Å². The lowest BCUT2D eigenvalue weighted by Gasteiger charge is -2.11. The van der Waals surface area contributed by atoms with Crippen LogP contribution in [0.25, 0.3) is 0 Å². The van der Waals surface area contributed by atoms with Crippen molar-refractivity contribution in [1.82, 2.24) is 5.32 Å². The molecule has 1 atom stereocenters. The van der Waals surface area contributed by atoms with Crippen molar-refractivity contribution < 1.29 is 14.7 Å². The maximum Gasteiger partial charge on any atom is 0.312 e. The highest BCUT2D eigenvalue weighted by molar-refractivity contribution is 7.11. The molecule has 2 N–H and O–H groups in total. The van der Waals surface area contributed by atoms with Crippen LogP contribution >= 0.6 is 11.3 Å². The Labute approximate surface area is 98.3 Å². The topological polar surface area (TPSA) is 66.4 Å². The Kier molecular flexibility index (Phi) is 4.49. The van der Waals surface area contributed by atoms with Crippen molar-refractivity contribution in [3.05, 3.63) is 21.9 Å². The number of rotatable bonds is 5. The molecule has 1 heterocycles. The predicted octanol–water partition coefficient (Wildman–Crippen LogP) is 1.58. The second-order valence-electron chi connectivity index (χ2n) is 3.76. The summed E-state index contributed by atoms with van der Waals surface area (Å²) < 4.78 is 0. The first kappa shape index (κ1) is 12.7. The summed E-state index contributed by atoms with van der Waals surface area (Å²) >= 11 is 1.69. The van der Waals surface area contributed by atoms with Crippen LogP contribution in [0.5, 0.6) is 0 Å². The smallest absolute Gasteiger partial charge is 0.312 e. The van der Waals surface area contributed by atoms with E-state index in [1.165, 1.54) is 9.75 Å². The molecule has 0 aliphatic carbocycles. The lowest BCUT2D eigenvalue weighted by molar-refractivity contribution is -0.140. The van der Waals surface area contributed by atoms with E-state index in [4.69, 9.17) is 5.11 Å². The Morgan fingerprint density at radius 1 is 1.50 bits per heavy atom. The highest BCUT2D eigenvalue weighted by Gasteiger charge is 2.11. The molecule has 1 aromatic rings. The molecule has 0 bridgehead atoms. The predicted molar refractivity (Wildman–Crippen MR) is 62.6 cm³/mol. The fraction of sp³-hybridized carbons (Fsp3) is 0.455. The summed E-state index contributed by atoms with van der Waals surface area (Å²) in [6.07, 6.45) is 0.275. The van der Waals surface area contributed by atoms with Crippen LogP contribution in [-0.2, 0) is 16.0 Å². The van der Waals surface area contributed by atoms with Gasteiger partial charge in [0.25, 0.3) is 0 Å². The zero-order chi connectivity index (χ0) is 12.1. The van der Waals surface area contributed by atoms with Crippen molar-refractivity contribution in [1.29, 1.82) is 0 Å². The standard InChI is InChI=1S/C11H15NO3S/c1-7(12-10(13)6-11(14)15)5-9-4-3-8(2)16-9/h3-4,7H,5-6H2,1-2H3,(H,12,13)(H,14,15). The first-order valence-corrected chi connectivity index (χ1v) is 5.85. The SMILES string of the molecule is Cc1ccc(CC(C)NC(=O)CC(=O)O)s1. The Morgan fingerprint density at radius 2 is 2.19 bits per heavy atom. The van der Waals surface area contributed by atoms with Crippen molar-refractivity contribution in [2.24, 2.45) is 0 Å². The van der Waals surface area contributed by atoms with Crippen molar-refractivity contribution >= 4 is 23.2 Å². The second-order valence-corrected chi connectivity index (χ2v) is 5.13. The van der Waals surface area contributed by atoms with E-state index < -0.39 is 18.3 Å². The molecule has 0 fully saturated rings. The van der Waals surface area contributed by atoms with Crippen molar-refractivity contribution in [3.63, 3.8) is 0 Å². The van der Waals surface area contributed by atoms with E-state index in [1.807, 2.05) is 26.0 Å². The lowest BCUT2D eigenvalue weighted by atomic mass is 10.2. The molecule has 1 unspecified atom stereocenters. The third kappa shape index (κ3) is 4.44. The summed E-state index contributed by atoms with van der Waals surface area (Å²) in [6, 6.07) is 4.02. The number of nitrogens with one attached hydrogen (secondary N) is 1. The number of aryl methyl sites for hydroxylation is 1. The lowest BCUT2D eigenvalue weighted by Crippen LogP contribution is -2.35. The van der Waals surface area contributed by atoms with Gasteiger partial charge in [-0.3, -0.25) is 9.59 Å². The van der Waals surface area contributed by atoms with E-state index in [0.29, 0.717) is 0 Å². The Hall–Kier alpha value is -1.36. The van der Waals surface area contributed by atoms with Crippen LogP contribution in [0.15, 0.2) is 12.1 Å². The molecule has 0 aromatic carbocycles. The van der Waals surface area contributed by atoms with Crippen molar-refractivity contribution in [2.75, 3.05) is 0 Å². The van der Waals surface area contributed by atoms with Crippen LogP contribution in [0.3, 0.4) is 0 Å². The van der Waals surface area contributed by atoms with Gasteiger partial charge in [0.15, 0.2) is 0 Å². The van der Waals surface area contributed by atoms with Crippen LogP contribution in [-0.4, -0.2) is 23.0 Å². The number of amides is 1. The van der Waals surface area contributed by atoms with E-state index >= 15 is 0 Å². The van der Waals surface area contributed by atoms with Crippen LogP contribution in [0.4, 0.5) is 0 Å². The largest absolute Gasteiger partial charge is 0.481 e. The number of hydrogen-bond acceptors (Lipinski definition) is 3. The third-order valence-electron chi connectivity index (χ3n) is 2.02. The fourth-order valence-corrected chi connectivity index (χ4v) is 2.43. The molecular formula is C11H15NO3S. The van der Waals surface area contributed by atoms with Gasteiger partial charge in [0.1, 0.15) is 6.42 Å². The highest BCUT2D eigenvalue weighted by Crippen LogP contribution is 2.16. The first-order valence-electron chi connectivity index (χ1n) is 5.04. The minimum atomic E-state index is -1.10. The number of carboxylic acids is 1. The second kappa shape index (κ2) is 5.65. The zero-order valence-electron chi connectivity index (χ0n) is 9.32. The number of hydrogen-bond donors (Lipinski definition) is 2. The average Bonchev–Trinajstić information content (AvgIpc) is 2.48. The maximum atomic E-state index is 11.2. The van der Waals surface area contributed by atoms with Crippen LogP contribution in [0.2, 0.25) is 0 Å².